The lowest BCUT2D eigenvalue weighted by Gasteiger charge is -2.26. The maximum Gasteiger partial charge on any atom is 0.191 e. The summed E-state index contributed by atoms with van der Waals surface area (Å²) in [6.07, 6.45) is 5.53. The Bertz CT molecular complexity index is 421. The van der Waals surface area contributed by atoms with Crippen LogP contribution in [-0.2, 0) is 13.6 Å². The van der Waals surface area contributed by atoms with E-state index in [1.807, 2.05) is 38.6 Å². The lowest BCUT2D eigenvalue weighted by molar-refractivity contribution is 0.0367. The summed E-state index contributed by atoms with van der Waals surface area (Å²) in [5.41, 5.74) is 0.508. The summed E-state index contributed by atoms with van der Waals surface area (Å²) >= 11 is 0. The normalized spacial score (nSPS) is 12.6. The lowest BCUT2D eigenvalue weighted by atomic mass is 9.98. The van der Waals surface area contributed by atoms with Crippen LogP contribution in [0.25, 0.3) is 0 Å². The molecule has 3 N–H and O–H groups in total. The molecule has 0 aromatic carbocycles. The third-order valence-electron chi connectivity index (χ3n) is 3.56. The maximum absolute atomic E-state index is 10.3. The van der Waals surface area contributed by atoms with Crippen molar-refractivity contribution in [3.8, 4) is 0 Å². The van der Waals surface area contributed by atoms with Crippen LogP contribution in [0.15, 0.2) is 23.5 Å². The fourth-order valence-corrected chi connectivity index (χ4v) is 1.91. The number of rotatable bonds is 7. The van der Waals surface area contributed by atoms with E-state index in [0.29, 0.717) is 13.1 Å². The molecule has 0 bridgehead atoms. The second-order valence-electron chi connectivity index (χ2n) is 5.17. The zero-order valence-electron chi connectivity index (χ0n) is 13.1. The number of guanidine groups is 1. The van der Waals surface area contributed by atoms with Crippen molar-refractivity contribution in [2.24, 2.45) is 12.0 Å². The molecule has 20 heavy (non-hydrogen) atoms. The first kappa shape index (κ1) is 16.6. The first-order chi connectivity index (χ1) is 9.53. The zero-order valence-corrected chi connectivity index (χ0v) is 13.1. The van der Waals surface area contributed by atoms with Gasteiger partial charge in [0, 0.05) is 32.5 Å². The molecule has 0 fully saturated rings. The van der Waals surface area contributed by atoms with Crippen LogP contribution in [-0.4, -0.2) is 34.3 Å². The minimum absolute atomic E-state index is 0.515. The molecule has 5 heteroatoms. The summed E-state index contributed by atoms with van der Waals surface area (Å²) in [4.78, 5) is 4.54. The summed E-state index contributed by atoms with van der Waals surface area (Å²) in [6.45, 7) is 7.98. The van der Waals surface area contributed by atoms with Crippen LogP contribution in [0.3, 0.4) is 0 Å². The molecule has 0 radical (unpaired) electrons. The number of nitrogens with zero attached hydrogens (tertiary/aromatic N) is 2. The van der Waals surface area contributed by atoms with E-state index in [9.17, 15) is 5.11 Å². The summed E-state index contributed by atoms with van der Waals surface area (Å²) in [5.74, 6) is 0.747. The Hall–Kier alpha value is -1.49. The van der Waals surface area contributed by atoms with Crippen LogP contribution >= 0.6 is 0 Å². The van der Waals surface area contributed by atoms with E-state index in [4.69, 9.17) is 0 Å². The van der Waals surface area contributed by atoms with Crippen LogP contribution in [0, 0.1) is 0 Å². The van der Waals surface area contributed by atoms with Gasteiger partial charge in [0.15, 0.2) is 5.96 Å². The molecule has 0 saturated carbocycles. The van der Waals surface area contributed by atoms with E-state index in [-0.39, 0.29) is 0 Å². The molecule has 0 aliphatic rings. The molecule has 0 aliphatic heterocycles. The van der Waals surface area contributed by atoms with Crippen LogP contribution in [0.4, 0.5) is 0 Å². The molecule has 1 heterocycles. The quantitative estimate of drug-likeness (QED) is 0.525. The number of aromatic nitrogens is 1. The predicted molar refractivity (Wildman–Crippen MR) is 83.8 cm³/mol. The molecule has 1 aromatic rings. The van der Waals surface area contributed by atoms with Gasteiger partial charge in [-0.3, -0.25) is 0 Å². The average molecular weight is 280 g/mol. The first-order valence-electron chi connectivity index (χ1n) is 7.38. The highest BCUT2D eigenvalue weighted by Gasteiger charge is 2.22. The van der Waals surface area contributed by atoms with E-state index in [1.165, 1.54) is 5.56 Å². The van der Waals surface area contributed by atoms with Crippen molar-refractivity contribution in [1.82, 2.24) is 15.2 Å². The average Bonchev–Trinajstić information content (AvgIpc) is 2.87. The Balaban J connectivity index is 2.59. The Morgan fingerprint density at radius 3 is 2.50 bits per heavy atom. The third-order valence-corrected chi connectivity index (χ3v) is 3.56. The van der Waals surface area contributed by atoms with Gasteiger partial charge >= 0.3 is 0 Å². The van der Waals surface area contributed by atoms with E-state index in [0.717, 1.165) is 25.3 Å². The molecular weight excluding hydrogens is 252 g/mol. The van der Waals surface area contributed by atoms with Crippen LogP contribution in [0.1, 0.15) is 39.2 Å². The molecule has 0 atom stereocenters. The number of aliphatic hydroxyl groups is 1. The minimum Gasteiger partial charge on any atom is -0.388 e. The molecule has 0 aliphatic carbocycles. The monoisotopic (exact) mass is 280 g/mol. The number of nitrogens with one attached hydrogen (secondary N) is 2. The molecule has 5 nitrogen and oxygen atoms in total. The van der Waals surface area contributed by atoms with Gasteiger partial charge in [0.1, 0.15) is 0 Å². The van der Waals surface area contributed by atoms with Gasteiger partial charge in [0.25, 0.3) is 0 Å². The Morgan fingerprint density at radius 1 is 1.30 bits per heavy atom. The fourth-order valence-electron chi connectivity index (χ4n) is 1.91. The minimum atomic E-state index is -0.664. The number of aliphatic imine (C=N–C) groups is 1. The highest BCUT2D eigenvalue weighted by molar-refractivity contribution is 5.79. The Kier molecular flexibility index (Phi) is 6.58. The highest BCUT2D eigenvalue weighted by atomic mass is 16.3. The van der Waals surface area contributed by atoms with Gasteiger partial charge < -0.3 is 20.3 Å². The van der Waals surface area contributed by atoms with Crippen molar-refractivity contribution in [3.05, 3.63) is 24.0 Å². The SMILES string of the molecule is CCNC(=NCc1ccn(C)c1)NCC(O)(CC)CC. The zero-order chi connectivity index (χ0) is 15.0. The first-order valence-corrected chi connectivity index (χ1v) is 7.38. The largest absolute Gasteiger partial charge is 0.388 e. The lowest BCUT2D eigenvalue weighted by Crippen LogP contribution is -2.46. The topological polar surface area (TPSA) is 61.6 Å². The molecule has 1 rings (SSSR count). The van der Waals surface area contributed by atoms with E-state index >= 15 is 0 Å². The molecule has 0 spiro atoms. The van der Waals surface area contributed by atoms with Gasteiger partial charge in [-0.2, -0.15) is 0 Å². The van der Waals surface area contributed by atoms with Gasteiger partial charge in [0.2, 0.25) is 0 Å². The second kappa shape index (κ2) is 7.94. The van der Waals surface area contributed by atoms with Crippen molar-refractivity contribution < 1.29 is 5.11 Å². The Labute approximate surface area is 122 Å². The smallest absolute Gasteiger partial charge is 0.191 e. The summed E-state index contributed by atoms with van der Waals surface area (Å²) in [6, 6.07) is 2.06. The number of hydrogen-bond donors (Lipinski definition) is 3. The van der Waals surface area contributed by atoms with Gasteiger partial charge in [-0.05, 0) is 31.4 Å². The second-order valence-corrected chi connectivity index (χ2v) is 5.17. The standard InChI is InChI=1S/C15H28N4O/c1-5-15(20,6-2)12-18-14(16-7-3)17-10-13-8-9-19(4)11-13/h8-9,11,20H,5-7,10,12H2,1-4H3,(H2,16,17,18). The number of aryl methyl sites for hydroxylation is 1. The van der Waals surface area contributed by atoms with E-state index in [2.05, 4.69) is 27.9 Å². The van der Waals surface area contributed by atoms with Gasteiger partial charge in [0.05, 0.1) is 12.1 Å². The maximum atomic E-state index is 10.3. The van der Waals surface area contributed by atoms with Gasteiger partial charge in [-0.15, -0.1) is 0 Å². The molecule has 0 saturated heterocycles. The van der Waals surface area contributed by atoms with Crippen molar-refractivity contribution in [2.75, 3.05) is 13.1 Å². The van der Waals surface area contributed by atoms with E-state index < -0.39 is 5.60 Å². The number of hydrogen-bond acceptors (Lipinski definition) is 2. The molecule has 1 aromatic heterocycles. The van der Waals surface area contributed by atoms with Crippen LogP contribution in [0.2, 0.25) is 0 Å². The fraction of sp³-hybridized carbons (Fsp3) is 0.667. The van der Waals surface area contributed by atoms with Crippen LogP contribution in [0.5, 0.6) is 0 Å². The van der Waals surface area contributed by atoms with Crippen molar-refractivity contribution in [2.45, 2.75) is 45.8 Å². The van der Waals surface area contributed by atoms with E-state index in [1.54, 1.807) is 0 Å². The summed E-state index contributed by atoms with van der Waals surface area (Å²) < 4.78 is 2.01. The van der Waals surface area contributed by atoms with Crippen LogP contribution < -0.4 is 10.6 Å². The van der Waals surface area contributed by atoms with Crippen molar-refractivity contribution in [3.63, 3.8) is 0 Å². The molecule has 0 unspecified atom stereocenters. The summed E-state index contributed by atoms with van der Waals surface area (Å²) in [7, 11) is 2.00. The van der Waals surface area contributed by atoms with Gasteiger partial charge in [-0.1, -0.05) is 13.8 Å². The predicted octanol–water partition coefficient (Wildman–Crippen LogP) is 1.63. The molecule has 114 valence electrons. The Morgan fingerprint density at radius 2 is 2.00 bits per heavy atom. The highest BCUT2D eigenvalue weighted by Crippen LogP contribution is 2.12. The molecular formula is C15H28N4O. The van der Waals surface area contributed by atoms with Crippen molar-refractivity contribution in [1.29, 1.82) is 0 Å². The van der Waals surface area contributed by atoms with Gasteiger partial charge in [-0.25, -0.2) is 4.99 Å². The third kappa shape index (κ3) is 5.25. The summed E-state index contributed by atoms with van der Waals surface area (Å²) in [5, 5.41) is 16.7. The van der Waals surface area contributed by atoms with Crippen molar-refractivity contribution >= 4 is 5.96 Å². The molecule has 0 amide bonds.